The van der Waals surface area contributed by atoms with Crippen LogP contribution >= 0.6 is 11.6 Å². The number of aryl methyl sites for hydroxylation is 1. The topological polar surface area (TPSA) is 88.1 Å². The Morgan fingerprint density at radius 1 is 1.12 bits per heavy atom. The maximum atomic E-state index is 14.2. The number of aromatic amines is 1. The number of H-pyrrole nitrogens is 1. The predicted octanol–water partition coefficient (Wildman–Crippen LogP) is 4.06. The minimum absolute atomic E-state index is 0.0177. The highest BCUT2D eigenvalue weighted by atomic mass is 35.5. The van der Waals surface area contributed by atoms with Crippen molar-refractivity contribution in [2.24, 2.45) is 0 Å². The number of sulfonamides is 1. The zero-order valence-corrected chi connectivity index (χ0v) is 20.1. The van der Waals surface area contributed by atoms with Crippen LogP contribution < -0.4 is 5.56 Å². The summed E-state index contributed by atoms with van der Waals surface area (Å²) in [7, 11) is -3.74. The van der Waals surface area contributed by atoms with Crippen molar-refractivity contribution < 1.29 is 12.8 Å². The highest BCUT2D eigenvalue weighted by Gasteiger charge is 2.29. The molecule has 1 aromatic carbocycles. The zero-order valence-electron chi connectivity index (χ0n) is 18.6. The number of rotatable bonds is 7. The molecule has 0 amide bonds. The second kappa shape index (κ2) is 9.17. The maximum absolute atomic E-state index is 14.2. The first-order chi connectivity index (χ1) is 14.9. The Hall–Kier alpha value is -2.49. The van der Waals surface area contributed by atoms with Crippen molar-refractivity contribution in [1.29, 1.82) is 0 Å². The molecule has 0 saturated heterocycles. The van der Waals surface area contributed by atoms with Crippen LogP contribution in [0.4, 0.5) is 4.39 Å². The van der Waals surface area contributed by atoms with Gasteiger partial charge in [-0.2, -0.15) is 4.31 Å². The smallest absolute Gasteiger partial charge is 0.276 e. The van der Waals surface area contributed by atoms with Crippen LogP contribution in [0.2, 0.25) is 5.02 Å². The van der Waals surface area contributed by atoms with Gasteiger partial charge in [-0.05, 0) is 58.9 Å². The molecule has 0 atom stereocenters. The Morgan fingerprint density at radius 2 is 1.78 bits per heavy atom. The molecule has 0 aliphatic carbocycles. The van der Waals surface area contributed by atoms with E-state index in [0.717, 1.165) is 0 Å². The minimum Gasteiger partial charge on any atom is -0.294 e. The summed E-state index contributed by atoms with van der Waals surface area (Å²) < 4.78 is 42.8. The van der Waals surface area contributed by atoms with Gasteiger partial charge in [0.05, 0.1) is 0 Å². The number of halogens is 2. The minimum atomic E-state index is -3.74. The molecule has 7 nitrogen and oxygen atoms in total. The molecule has 0 radical (unpaired) electrons. The SMILES string of the molecule is Cc1[nH]n(-c2ccc(S(=O)(=O)N(C(C)C)C(C)C)cn2)c(=O)c1Cc1c(F)cccc1Cl. The molecule has 1 N–H and O–H groups in total. The molecule has 0 spiro atoms. The number of hydrogen-bond donors (Lipinski definition) is 1. The van der Waals surface area contributed by atoms with Gasteiger partial charge in [0.1, 0.15) is 10.7 Å². The molecular formula is C22H26ClFN4O3S. The van der Waals surface area contributed by atoms with E-state index >= 15 is 0 Å². The van der Waals surface area contributed by atoms with Crippen molar-refractivity contribution in [1.82, 2.24) is 19.1 Å². The second-order valence-corrected chi connectivity index (χ2v) is 10.4. The number of benzene rings is 1. The molecule has 10 heteroatoms. The summed E-state index contributed by atoms with van der Waals surface area (Å²) in [5.41, 5.74) is 0.716. The second-order valence-electron chi connectivity index (χ2n) is 8.11. The van der Waals surface area contributed by atoms with Crippen molar-refractivity contribution in [3.63, 3.8) is 0 Å². The quantitative estimate of drug-likeness (QED) is 0.552. The van der Waals surface area contributed by atoms with Gasteiger partial charge >= 0.3 is 0 Å². The van der Waals surface area contributed by atoms with E-state index in [1.54, 1.807) is 13.0 Å². The van der Waals surface area contributed by atoms with Crippen LogP contribution in [-0.4, -0.2) is 39.6 Å². The fourth-order valence-corrected chi connectivity index (χ4v) is 5.77. The van der Waals surface area contributed by atoms with Crippen LogP contribution in [0.25, 0.3) is 5.82 Å². The first-order valence-corrected chi connectivity index (χ1v) is 12.0. The van der Waals surface area contributed by atoms with Crippen molar-refractivity contribution in [2.75, 3.05) is 0 Å². The van der Waals surface area contributed by atoms with Crippen LogP contribution in [0, 0.1) is 12.7 Å². The van der Waals surface area contributed by atoms with Crippen LogP contribution in [0.1, 0.15) is 44.5 Å². The van der Waals surface area contributed by atoms with Gasteiger partial charge in [0.25, 0.3) is 5.56 Å². The van der Waals surface area contributed by atoms with Gasteiger partial charge in [0.15, 0.2) is 5.82 Å². The molecule has 0 saturated carbocycles. The molecule has 172 valence electrons. The van der Waals surface area contributed by atoms with Crippen molar-refractivity contribution >= 4 is 21.6 Å². The average molecular weight is 481 g/mol. The summed E-state index contributed by atoms with van der Waals surface area (Å²) in [6.07, 6.45) is 1.25. The van der Waals surface area contributed by atoms with Gasteiger partial charge in [0, 0.05) is 46.5 Å². The summed E-state index contributed by atoms with van der Waals surface area (Å²) in [5.74, 6) is -0.264. The molecule has 0 aliphatic heterocycles. The van der Waals surface area contributed by atoms with Gasteiger partial charge in [-0.25, -0.2) is 22.5 Å². The summed E-state index contributed by atoms with van der Waals surface area (Å²) in [6.45, 7) is 8.94. The number of hydrogen-bond acceptors (Lipinski definition) is 4. The number of nitrogens with zero attached hydrogens (tertiary/aromatic N) is 3. The summed E-state index contributed by atoms with van der Waals surface area (Å²) in [4.78, 5) is 17.2. The monoisotopic (exact) mass is 480 g/mol. The van der Waals surface area contributed by atoms with E-state index in [2.05, 4.69) is 10.1 Å². The first kappa shape index (κ1) is 24.2. The van der Waals surface area contributed by atoms with Gasteiger partial charge in [0.2, 0.25) is 10.0 Å². The highest BCUT2D eigenvalue weighted by molar-refractivity contribution is 7.89. The summed E-state index contributed by atoms with van der Waals surface area (Å²) in [6, 6.07) is 6.80. The molecule has 0 fully saturated rings. The van der Waals surface area contributed by atoms with Crippen LogP contribution in [0.15, 0.2) is 46.2 Å². The molecule has 2 heterocycles. The first-order valence-electron chi connectivity index (χ1n) is 10.2. The Labute approximate surface area is 191 Å². The molecule has 2 aromatic heterocycles. The standard InChI is InChI=1S/C22H26ClFN4O3S/c1-13(2)28(14(3)4)32(30,31)16-9-10-21(25-12-16)27-22(29)17(15(5)26-27)11-18-19(23)7-6-8-20(18)24/h6-10,12-14,26H,11H2,1-5H3. The Balaban J connectivity index is 1.97. The van der Waals surface area contributed by atoms with Crippen molar-refractivity contribution in [3.05, 3.63) is 74.5 Å². The fourth-order valence-electron chi connectivity index (χ4n) is 3.76. The van der Waals surface area contributed by atoms with E-state index in [1.165, 1.54) is 39.4 Å². The van der Waals surface area contributed by atoms with Crippen LogP contribution in [-0.2, 0) is 16.4 Å². The molecular weight excluding hydrogens is 455 g/mol. The largest absolute Gasteiger partial charge is 0.294 e. The zero-order chi connectivity index (χ0) is 23.8. The predicted molar refractivity (Wildman–Crippen MR) is 122 cm³/mol. The highest BCUT2D eigenvalue weighted by Crippen LogP contribution is 2.23. The third-order valence-electron chi connectivity index (χ3n) is 5.15. The van der Waals surface area contributed by atoms with Crippen LogP contribution in [0.3, 0.4) is 0 Å². The molecule has 0 unspecified atom stereocenters. The Morgan fingerprint density at radius 3 is 2.31 bits per heavy atom. The van der Waals surface area contributed by atoms with Gasteiger partial charge < -0.3 is 0 Å². The number of pyridine rings is 1. The van der Waals surface area contributed by atoms with Gasteiger partial charge in [-0.1, -0.05) is 17.7 Å². The van der Waals surface area contributed by atoms with E-state index < -0.39 is 21.4 Å². The number of nitrogens with one attached hydrogen (secondary N) is 1. The normalized spacial score (nSPS) is 12.3. The van der Waals surface area contributed by atoms with E-state index in [-0.39, 0.29) is 39.8 Å². The fraction of sp³-hybridized carbons (Fsp3) is 0.364. The summed E-state index contributed by atoms with van der Waals surface area (Å²) >= 11 is 6.11. The summed E-state index contributed by atoms with van der Waals surface area (Å²) in [5, 5.41) is 3.16. The third kappa shape index (κ3) is 4.51. The van der Waals surface area contributed by atoms with E-state index in [1.807, 2.05) is 27.7 Å². The number of aromatic nitrogens is 3. The van der Waals surface area contributed by atoms with Crippen molar-refractivity contribution in [2.45, 2.75) is 58.0 Å². The maximum Gasteiger partial charge on any atom is 0.276 e. The van der Waals surface area contributed by atoms with E-state index in [9.17, 15) is 17.6 Å². The van der Waals surface area contributed by atoms with Crippen molar-refractivity contribution in [3.8, 4) is 5.82 Å². The molecule has 3 rings (SSSR count). The average Bonchev–Trinajstić information content (AvgIpc) is 2.98. The lowest BCUT2D eigenvalue weighted by Crippen LogP contribution is -2.41. The van der Waals surface area contributed by atoms with Gasteiger partial charge in [-0.15, -0.1) is 0 Å². The van der Waals surface area contributed by atoms with Crippen LogP contribution in [0.5, 0.6) is 0 Å². The van der Waals surface area contributed by atoms with E-state index in [4.69, 9.17) is 11.6 Å². The lowest BCUT2D eigenvalue weighted by atomic mass is 10.1. The Kier molecular flexibility index (Phi) is 6.92. The van der Waals surface area contributed by atoms with Gasteiger partial charge in [-0.3, -0.25) is 9.89 Å². The molecule has 0 aliphatic rings. The molecule has 3 aromatic rings. The molecule has 0 bridgehead atoms. The van der Waals surface area contributed by atoms with E-state index in [0.29, 0.717) is 11.3 Å². The lowest BCUT2D eigenvalue weighted by Gasteiger charge is -2.29. The Bertz CT molecular complexity index is 1250. The lowest BCUT2D eigenvalue weighted by molar-refractivity contribution is 0.302. The molecule has 32 heavy (non-hydrogen) atoms. The third-order valence-corrected chi connectivity index (χ3v) is 7.74.